The van der Waals surface area contributed by atoms with Gasteiger partial charge < -0.3 is 21.3 Å². The maximum atomic E-state index is 15.0. The number of carbonyl (C=O) groups is 1. The molecule has 2 fully saturated rings. The molecular formula is C24H34F2N8O. The fourth-order valence-electron chi connectivity index (χ4n) is 5.10. The SMILES string of the molecule is CNC(=O)N(N)c1cc(Nc2ncc(F)c(NC3CC(C)(C)NC(C)(C)C3)n2)c(F)cc1C1CC1. The fraction of sp³-hybridized carbons (Fsp3) is 0.542. The summed E-state index contributed by atoms with van der Waals surface area (Å²) in [5, 5.41) is 13.0. The molecule has 0 unspecified atom stereocenters. The van der Waals surface area contributed by atoms with Gasteiger partial charge in [-0.1, -0.05) is 0 Å². The van der Waals surface area contributed by atoms with Crippen LogP contribution < -0.4 is 32.1 Å². The number of hydrogen-bond acceptors (Lipinski definition) is 7. The van der Waals surface area contributed by atoms with Crippen LogP contribution in [0.2, 0.25) is 0 Å². The molecule has 2 amide bonds. The largest absolute Gasteiger partial charge is 0.365 e. The Morgan fingerprint density at radius 3 is 2.40 bits per heavy atom. The van der Waals surface area contributed by atoms with E-state index in [1.54, 1.807) is 0 Å². The summed E-state index contributed by atoms with van der Waals surface area (Å²) < 4.78 is 29.6. The Kier molecular flexibility index (Phi) is 6.58. The van der Waals surface area contributed by atoms with Gasteiger partial charge >= 0.3 is 6.03 Å². The highest BCUT2D eigenvalue weighted by Gasteiger charge is 2.38. The first-order chi connectivity index (χ1) is 16.4. The summed E-state index contributed by atoms with van der Waals surface area (Å²) in [7, 11) is 1.47. The van der Waals surface area contributed by atoms with Crippen molar-refractivity contribution >= 4 is 29.2 Å². The number of nitrogens with two attached hydrogens (primary N) is 1. The number of hydrogen-bond donors (Lipinski definition) is 5. The van der Waals surface area contributed by atoms with Gasteiger partial charge in [0.2, 0.25) is 5.95 Å². The molecule has 35 heavy (non-hydrogen) atoms. The number of urea groups is 1. The topological polar surface area (TPSA) is 120 Å². The van der Waals surface area contributed by atoms with Gasteiger partial charge in [0, 0.05) is 24.2 Å². The van der Waals surface area contributed by atoms with E-state index in [2.05, 4.69) is 58.9 Å². The highest BCUT2D eigenvalue weighted by atomic mass is 19.1. The molecule has 2 heterocycles. The summed E-state index contributed by atoms with van der Waals surface area (Å²) in [5.41, 5.74) is 0.815. The van der Waals surface area contributed by atoms with Crippen LogP contribution in [0.5, 0.6) is 0 Å². The Balaban J connectivity index is 1.59. The van der Waals surface area contributed by atoms with E-state index in [-0.39, 0.29) is 40.5 Å². The molecule has 1 aliphatic heterocycles. The number of nitrogens with zero attached hydrogens (tertiary/aromatic N) is 3. The first-order valence-corrected chi connectivity index (χ1v) is 11.8. The van der Waals surface area contributed by atoms with Gasteiger partial charge in [-0.3, -0.25) is 0 Å². The molecule has 1 saturated heterocycles. The highest BCUT2D eigenvalue weighted by molar-refractivity contribution is 5.92. The number of nitrogens with one attached hydrogen (secondary N) is 4. The summed E-state index contributed by atoms with van der Waals surface area (Å²) in [6.45, 7) is 8.43. The first kappa shape index (κ1) is 25.1. The van der Waals surface area contributed by atoms with Crippen molar-refractivity contribution in [2.45, 2.75) is 76.4 Å². The van der Waals surface area contributed by atoms with E-state index in [9.17, 15) is 13.6 Å². The van der Waals surface area contributed by atoms with Gasteiger partial charge in [0.15, 0.2) is 11.6 Å². The van der Waals surface area contributed by atoms with Crippen LogP contribution in [0.15, 0.2) is 18.3 Å². The van der Waals surface area contributed by atoms with Crippen LogP contribution in [0, 0.1) is 11.6 Å². The zero-order valence-electron chi connectivity index (χ0n) is 20.8. The minimum absolute atomic E-state index is 0.0157. The molecule has 2 aliphatic rings. The fourth-order valence-corrected chi connectivity index (χ4v) is 5.10. The molecule has 190 valence electrons. The third kappa shape index (κ3) is 5.79. The Labute approximate surface area is 204 Å². The van der Waals surface area contributed by atoms with Crippen LogP contribution in [0.4, 0.5) is 36.7 Å². The molecule has 1 aliphatic carbocycles. The third-order valence-electron chi connectivity index (χ3n) is 6.35. The van der Waals surface area contributed by atoms with Crippen molar-refractivity contribution in [3.8, 4) is 0 Å². The van der Waals surface area contributed by atoms with Gasteiger partial charge in [0.05, 0.1) is 17.6 Å². The van der Waals surface area contributed by atoms with E-state index in [4.69, 9.17) is 5.84 Å². The molecule has 4 rings (SSSR count). The molecule has 6 N–H and O–H groups in total. The molecule has 0 bridgehead atoms. The number of amides is 2. The van der Waals surface area contributed by atoms with Gasteiger partial charge in [0.25, 0.3) is 0 Å². The molecule has 1 saturated carbocycles. The van der Waals surface area contributed by atoms with Crippen molar-refractivity contribution in [3.05, 3.63) is 35.5 Å². The number of anilines is 4. The molecule has 9 nitrogen and oxygen atoms in total. The second kappa shape index (κ2) is 9.19. The molecule has 0 spiro atoms. The second-order valence-electron chi connectivity index (χ2n) is 10.7. The van der Waals surface area contributed by atoms with Crippen LogP contribution in [0.25, 0.3) is 0 Å². The molecule has 0 radical (unpaired) electrons. The molecule has 0 atom stereocenters. The van der Waals surface area contributed by atoms with Gasteiger partial charge in [0.1, 0.15) is 5.82 Å². The summed E-state index contributed by atoms with van der Waals surface area (Å²) in [4.78, 5) is 20.4. The zero-order valence-corrected chi connectivity index (χ0v) is 20.8. The number of carbonyl (C=O) groups excluding carboxylic acids is 1. The summed E-state index contributed by atoms with van der Waals surface area (Å²) in [5.74, 6) is 5.08. The predicted molar refractivity (Wildman–Crippen MR) is 133 cm³/mol. The predicted octanol–water partition coefficient (Wildman–Crippen LogP) is 4.12. The standard InChI is InChI=1S/C24H34F2N8O/c1-23(2)10-14(11-24(3,4)33-23)30-20-17(26)12-29-21(32-20)31-18-9-19(34(27)22(35)28-5)15(8-16(18)25)13-6-7-13/h8-9,12-14,33H,6-7,10-11,27H2,1-5H3,(H,28,35)(H2,29,30,31,32). The van der Waals surface area contributed by atoms with E-state index in [1.165, 1.54) is 19.2 Å². The Morgan fingerprint density at radius 2 is 1.80 bits per heavy atom. The molecule has 2 aromatic rings. The summed E-state index contributed by atoms with van der Waals surface area (Å²) in [6, 6.07) is 2.29. The van der Waals surface area contributed by atoms with Crippen molar-refractivity contribution in [1.29, 1.82) is 0 Å². The van der Waals surface area contributed by atoms with E-state index in [0.29, 0.717) is 11.3 Å². The van der Waals surface area contributed by atoms with E-state index in [0.717, 1.165) is 36.9 Å². The maximum absolute atomic E-state index is 15.0. The van der Waals surface area contributed by atoms with Crippen molar-refractivity contribution in [1.82, 2.24) is 20.6 Å². The monoisotopic (exact) mass is 488 g/mol. The number of piperidine rings is 1. The smallest absolute Gasteiger partial charge is 0.336 e. The Morgan fingerprint density at radius 1 is 1.14 bits per heavy atom. The lowest BCUT2D eigenvalue weighted by Gasteiger charge is -2.46. The van der Waals surface area contributed by atoms with Gasteiger partial charge in [-0.25, -0.2) is 29.4 Å². The molecule has 11 heteroatoms. The third-order valence-corrected chi connectivity index (χ3v) is 6.35. The number of benzene rings is 1. The Hall–Kier alpha value is -3.05. The lowest BCUT2D eigenvalue weighted by atomic mass is 9.79. The zero-order chi connectivity index (χ0) is 25.5. The van der Waals surface area contributed by atoms with Gasteiger partial charge in [-0.15, -0.1) is 0 Å². The van der Waals surface area contributed by atoms with Crippen molar-refractivity contribution in [2.24, 2.45) is 5.84 Å². The Bertz CT molecular complexity index is 1100. The molecule has 1 aromatic heterocycles. The van der Waals surface area contributed by atoms with Crippen molar-refractivity contribution in [2.75, 3.05) is 22.7 Å². The summed E-state index contributed by atoms with van der Waals surface area (Å²) in [6.07, 6.45) is 4.40. The minimum atomic E-state index is -0.595. The number of halogens is 2. The van der Waals surface area contributed by atoms with Crippen molar-refractivity contribution < 1.29 is 13.6 Å². The lowest BCUT2D eigenvalue weighted by Crippen LogP contribution is -2.60. The van der Waals surface area contributed by atoms with Crippen molar-refractivity contribution in [3.63, 3.8) is 0 Å². The first-order valence-electron chi connectivity index (χ1n) is 11.8. The van der Waals surface area contributed by atoms with E-state index < -0.39 is 17.7 Å². The normalized spacial score (nSPS) is 19.2. The number of hydrazine groups is 1. The van der Waals surface area contributed by atoms with E-state index in [1.807, 2.05) is 0 Å². The average molecular weight is 489 g/mol. The lowest BCUT2D eigenvalue weighted by molar-refractivity contribution is 0.170. The van der Waals surface area contributed by atoms with E-state index >= 15 is 0 Å². The van der Waals surface area contributed by atoms with Crippen LogP contribution in [0.3, 0.4) is 0 Å². The molecule has 1 aromatic carbocycles. The van der Waals surface area contributed by atoms with Crippen LogP contribution in [-0.4, -0.2) is 40.2 Å². The average Bonchev–Trinajstić information content (AvgIpc) is 3.59. The highest BCUT2D eigenvalue weighted by Crippen LogP contribution is 2.45. The number of rotatable bonds is 6. The second-order valence-corrected chi connectivity index (χ2v) is 10.7. The van der Waals surface area contributed by atoms with Gasteiger partial charge in [-0.05, 0) is 77.0 Å². The number of aromatic nitrogens is 2. The quantitative estimate of drug-likeness (QED) is 0.236. The van der Waals surface area contributed by atoms with Gasteiger partial charge in [-0.2, -0.15) is 4.98 Å². The van der Waals surface area contributed by atoms with Crippen LogP contribution in [-0.2, 0) is 0 Å². The van der Waals surface area contributed by atoms with Crippen LogP contribution in [0.1, 0.15) is 64.9 Å². The molecular weight excluding hydrogens is 454 g/mol. The minimum Gasteiger partial charge on any atom is -0.365 e. The maximum Gasteiger partial charge on any atom is 0.336 e. The van der Waals surface area contributed by atoms with Crippen LogP contribution >= 0.6 is 0 Å². The summed E-state index contributed by atoms with van der Waals surface area (Å²) >= 11 is 0.